The Bertz CT molecular complexity index is 858. The molecule has 1 aliphatic rings. The molecule has 0 amide bonds. The minimum atomic E-state index is -3.88. The van der Waals surface area contributed by atoms with Crippen LogP contribution in [-0.2, 0) is 10.0 Å². The summed E-state index contributed by atoms with van der Waals surface area (Å²) in [7, 11) is -3.88. The van der Waals surface area contributed by atoms with Gasteiger partial charge in [0.05, 0.1) is 0 Å². The lowest BCUT2D eigenvalue weighted by Crippen LogP contribution is -2.42. The smallest absolute Gasteiger partial charge is 0.279 e. The molecule has 0 saturated carbocycles. The Morgan fingerprint density at radius 3 is 2.42 bits per heavy atom. The number of hydrogen-bond acceptors (Lipinski definition) is 5. The van der Waals surface area contributed by atoms with Crippen LogP contribution in [0.15, 0.2) is 39.8 Å². The quantitative estimate of drug-likeness (QED) is 0.853. The monoisotopic (exact) mass is 345 g/mol. The summed E-state index contributed by atoms with van der Waals surface area (Å²) < 4.78 is 32.8. The van der Waals surface area contributed by atoms with E-state index in [2.05, 4.69) is 4.98 Å². The van der Waals surface area contributed by atoms with E-state index in [1.54, 1.807) is 24.3 Å². The number of sulfonamides is 1. The third kappa shape index (κ3) is 3.07. The molecule has 2 aromatic rings. The van der Waals surface area contributed by atoms with Crippen LogP contribution in [0, 0.1) is 23.2 Å². The van der Waals surface area contributed by atoms with Crippen LogP contribution in [0.25, 0.3) is 11.5 Å². The lowest BCUT2D eigenvalue weighted by atomic mass is 9.94. The maximum Gasteiger partial charge on any atom is 0.279 e. The highest BCUT2D eigenvalue weighted by atomic mass is 32.2. The summed E-state index contributed by atoms with van der Waals surface area (Å²) in [5, 5.41) is 8.93. The van der Waals surface area contributed by atoms with Gasteiger partial charge in [-0.25, -0.2) is 8.42 Å². The van der Waals surface area contributed by atoms with Gasteiger partial charge in [-0.2, -0.15) is 14.6 Å². The molecule has 7 heteroatoms. The van der Waals surface area contributed by atoms with Crippen molar-refractivity contribution in [1.82, 2.24) is 9.29 Å². The van der Waals surface area contributed by atoms with Gasteiger partial charge in [0.25, 0.3) is 15.1 Å². The van der Waals surface area contributed by atoms with Gasteiger partial charge in [-0.05, 0) is 30.4 Å². The summed E-state index contributed by atoms with van der Waals surface area (Å²) in [6, 6.07) is 10.8. The molecular formula is C17H19N3O3S. The molecule has 1 aromatic carbocycles. The van der Waals surface area contributed by atoms with Crippen molar-refractivity contribution in [3.8, 4) is 17.5 Å². The van der Waals surface area contributed by atoms with E-state index in [0.29, 0.717) is 18.7 Å². The average molecular weight is 345 g/mol. The van der Waals surface area contributed by atoms with Gasteiger partial charge in [0.2, 0.25) is 5.89 Å². The van der Waals surface area contributed by atoms with E-state index < -0.39 is 10.0 Å². The fourth-order valence-corrected chi connectivity index (χ4v) is 4.83. The van der Waals surface area contributed by atoms with Crippen molar-refractivity contribution in [2.24, 2.45) is 11.8 Å². The van der Waals surface area contributed by atoms with E-state index in [1.807, 2.05) is 26.0 Å². The summed E-state index contributed by atoms with van der Waals surface area (Å²) in [6.07, 6.45) is 0.989. The maximum atomic E-state index is 12.9. The summed E-state index contributed by atoms with van der Waals surface area (Å²) in [6.45, 7) is 4.91. The summed E-state index contributed by atoms with van der Waals surface area (Å²) in [4.78, 5) is 4.06. The van der Waals surface area contributed by atoms with Crippen molar-refractivity contribution in [3.05, 3.63) is 36.0 Å². The van der Waals surface area contributed by atoms with Crippen LogP contribution in [-0.4, -0.2) is 30.8 Å². The third-order valence-corrected chi connectivity index (χ3v) is 5.86. The first-order valence-electron chi connectivity index (χ1n) is 7.88. The van der Waals surface area contributed by atoms with Gasteiger partial charge in [0.15, 0.2) is 5.69 Å². The third-order valence-electron chi connectivity index (χ3n) is 4.13. The molecular weight excluding hydrogens is 326 g/mol. The number of rotatable bonds is 3. The number of piperidine rings is 1. The molecule has 3 rings (SSSR count). The van der Waals surface area contributed by atoms with Crippen LogP contribution in [0.5, 0.6) is 0 Å². The van der Waals surface area contributed by atoms with E-state index in [1.165, 1.54) is 4.31 Å². The molecule has 2 atom stereocenters. The molecule has 0 aliphatic carbocycles. The van der Waals surface area contributed by atoms with Crippen molar-refractivity contribution in [2.75, 3.05) is 13.1 Å². The fourth-order valence-electron chi connectivity index (χ4n) is 3.18. The van der Waals surface area contributed by atoms with Crippen LogP contribution in [0.4, 0.5) is 0 Å². The number of benzene rings is 1. The van der Waals surface area contributed by atoms with Crippen molar-refractivity contribution < 1.29 is 12.8 Å². The lowest BCUT2D eigenvalue weighted by Gasteiger charge is -2.33. The Morgan fingerprint density at radius 1 is 1.21 bits per heavy atom. The summed E-state index contributed by atoms with van der Waals surface area (Å²) in [5.74, 6) is 0.681. The molecule has 6 nitrogen and oxygen atoms in total. The van der Waals surface area contributed by atoms with Gasteiger partial charge >= 0.3 is 0 Å². The lowest BCUT2D eigenvalue weighted by molar-refractivity contribution is 0.219. The number of aromatic nitrogens is 1. The Hall–Kier alpha value is -2.17. The molecule has 1 aromatic heterocycles. The number of oxazole rings is 1. The van der Waals surface area contributed by atoms with Gasteiger partial charge in [0, 0.05) is 18.7 Å². The summed E-state index contributed by atoms with van der Waals surface area (Å²) in [5.41, 5.74) is 0.440. The van der Waals surface area contributed by atoms with E-state index in [-0.39, 0.29) is 28.5 Å². The highest BCUT2D eigenvalue weighted by Gasteiger charge is 2.36. The second kappa shape index (κ2) is 6.38. The predicted molar refractivity (Wildman–Crippen MR) is 88.4 cm³/mol. The van der Waals surface area contributed by atoms with Crippen LogP contribution >= 0.6 is 0 Å². The number of hydrogen-bond donors (Lipinski definition) is 0. The standard InChI is InChI=1S/C17H19N3O3S/c1-12-8-13(2)11-20(10-12)24(21,22)17-15(9-18)19-16(23-17)14-6-4-3-5-7-14/h3-7,12-13H,8,10-11H2,1-2H3/t12-,13-/m1/s1. The second-order valence-electron chi connectivity index (χ2n) is 6.40. The van der Waals surface area contributed by atoms with Gasteiger partial charge < -0.3 is 4.42 Å². The minimum absolute atomic E-state index is 0.142. The van der Waals surface area contributed by atoms with Crippen LogP contribution < -0.4 is 0 Å². The molecule has 1 saturated heterocycles. The Morgan fingerprint density at radius 2 is 1.83 bits per heavy atom. The fraction of sp³-hybridized carbons (Fsp3) is 0.412. The first-order chi connectivity index (χ1) is 11.4. The predicted octanol–water partition coefficient (Wildman–Crippen LogP) is 2.88. The number of nitriles is 1. The Balaban J connectivity index is 2.02. The molecule has 0 spiro atoms. The normalized spacial score (nSPS) is 22.2. The Labute approximate surface area is 141 Å². The van der Waals surface area contributed by atoms with Crippen molar-refractivity contribution in [2.45, 2.75) is 25.4 Å². The molecule has 0 radical (unpaired) electrons. The molecule has 0 bridgehead atoms. The summed E-state index contributed by atoms with van der Waals surface area (Å²) >= 11 is 0. The highest BCUT2D eigenvalue weighted by Crippen LogP contribution is 2.30. The molecule has 2 heterocycles. The van der Waals surface area contributed by atoms with Crippen molar-refractivity contribution in [3.63, 3.8) is 0 Å². The topological polar surface area (TPSA) is 87.2 Å². The van der Waals surface area contributed by atoms with Crippen LogP contribution in [0.3, 0.4) is 0 Å². The van der Waals surface area contributed by atoms with Gasteiger partial charge in [-0.3, -0.25) is 0 Å². The molecule has 1 aliphatic heterocycles. The van der Waals surface area contributed by atoms with Gasteiger partial charge in [-0.1, -0.05) is 32.0 Å². The first kappa shape index (κ1) is 16.7. The molecule has 0 unspecified atom stereocenters. The van der Waals surface area contributed by atoms with E-state index in [4.69, 9.17) is 4.42 Å². The van der Waals surface area contributed by atoms with E-state index in [9.17, 15) is 13.7 Å². The zero-order valence-corrected chi connectivity index (χ0v) is 14.5. The molecule has 24 heavy (non-hydrogen) atoms. The van der Waals surface area contributed by atoms with E-state index in [0.717, 1.165) is 6.42 Å². The second-order valence-corrected chi connectivity index (χ2v) is 8.24. The van der Waals surface area contributed by atoms with Crippen LogP contribution in [0.1, 0.15) is 26.0 Å². The molecule has 1 fully saturated rings. The average Bonchev–Trinajstić information content (AvgIpc) is 3.00. The van der Waals surface area contributed by atoms with E-state index >= 15 is 0 Å². The molecule has 0 N–H and O–H groups in total. The number of nitrogens with zero attached hydrogens (tertiary/aromatic N) is 3. The molecule has 126 valence electrons. The zero-order chi connectivity index (χ0) is 17.3. The zero-order valence-electron chi connectivity index (χ0n) is 13.6. The van der Waals surface area contributed by atoms with Crippen molar-refractivity contribution in [1.29, 1.82) is 5.26 Å². The van der Waals surface area contributed by atoms with Crippen molar-refractivity contribution >= 4 is 10.0 Å². The maximum absolute atomic E-state index is 12.9. The van der Waals surface area contributed by atoms with Gasteiger partial charge in [0.1, 0.15) is 6.07 Å². The first-order valence-corrected chi connectivity index (χ1v) is 9.32. The minimum Gasteiger partial charge on any atom is -0.422 e. The Kier molecular flexibility index (Phi) is 4.43. The van der Waals surface area contributed by atoms with Gasteiger partial charge in [-0.15, -0.1) is 0 Å². The van der Waals surface area contributed by atoms with Crippen LogP contribution in [0.2, 0.25) is 0 Å². The largest absolute Gasteiger partial charge is 0.422 e. The highest BCUT2D eigenvalue weighted by molar-refractivity contribution is 7.89. The SMILES string of the molecule is C[C@@H]1C[C@@H](C)CN(S(=O)(=O)c2oc(-c3ccccc3)nc2C#N)C1.